The van der Waals surface area contributed by atoms with E-state index in [2.05, 4.69) is 25.4 Å². The maximum atomic E-state index is 12.2. The van der Waals surface area contributed by atoms with Crippen LogP contribution in [-0.4, -0.2) is 43.0 Å². The van der Waals surface area contributed by atoms with Gasteiger partial charge in [-0.25, -0.2) is 14.5 Å². The molecule has 0 spiro atoms. The van der Waals surface area contributed by atoms with Gasteiger partial charge in [-0.2, -0.15) is 4.98 Å². The number of aromatic nitrogens is 5. The first-order chi connectivity index (χ1) is 14.9. The second kappa shape index (κ2) is 8.60. The first-order valence-corrected chi connectivity index (χ1v) is 10.4. The van der Waals surface area contributed by atoms with Crippen molar-refractivity contribution in [2.75, 3.05) is 11.9 Å². The highest BCUT2D eigenvalue weighted by Gasteiger charge is 2.14. The Morgan fingerprint density at radius 1 is 1.13 bits per heavy atom. The molecule has 1 aromatic carbocycles. The first kappa shape index (κ1) is 20.6. The molecule has 9 nitrogen and oxygen atoms in total. The molecule has 0 unspecified atom stereocenters. The van der Waals surface area contributed by atoms with Gasteiger partial charge in [0, 0.05) is 28.0 Å². The van der Waals surface area contributed by atoms with Gasteiger partial charge in [0.1, 0.15) is 6.42 Å². The van der Waals surface area contributed by atoms with Gasteiger partial charge in [-0.05, 0) is 39.0 Å². The molecule has 4 aromatic rings. The molecule has 0 saturated heterocycles. The van der Waals surface area contributed by atoms with Crippen LogP contribution in [0.25, 0.3) is 17.0 Å². The number of thiazole rings is 1. The Hall–Kier alpha value is -3.66. The summed E-state index contributed by atoms with van der Waals surface area (Å²) in [6.07, 6.45) is -0.145. The smallest absolute Gasteiger partial charge is 0.314 e. The lowest BCUT2D eigenvalue weighted by molar-refractivity contribution is -0.146. The van der Waals surface area contributed by atoms with E-state index in [0.717, 1.165) is 27.7 Å². The zero-order chi connectivity index (χ0) is 22.0. The summed E-state index contributed by atoms with van der Waals surface area (Å²) in [7, 11) is 0. The van der Waals surface area contributed by atoms with Crippen molar-refractivity contribution in [2.24, 2.45) is 0 Å². The van der Waals surface area contributed by atoms with Crippen LogP contribution in [0.4, 0.5) is 5.69 Å². The van der Waals surface area contributed by atoms with E-state index in [-0.39, 0.29) is 12.2 Å². The van der Waals surface area contributed by atoms with E-state index >= 15 is 0 Å². The maximum Gasteiger partial charge on any atom is 0.314 e. The molecule has 10 heteroatoms. The van der Waals surface area contributed by atoms with Crippen molar-refractivity contribution in [3.05, 3.63) is 57.9 Å². The highest BCUT2D eigenvalue weighted by molar-refractivity contribution is 7.09. The summed E-state index contributed by atoms with van der Waals surface area (Å²) in [6, 6.07) is 9.22. The number of ether oxygens (including phenoxy) is 1. The van der Waals surface area contributed by atoms with Gasteiger partial charge in [0.25, 0.3) is 11.7 Å². The maximum absolute atomic E-state index is 12.2. The highest BCUT2D eigenvalue weighted by Crippen LogP contribution is 2.24. The third-order valence-electron chi connectivity index (χ3n) is 4.39. The van der Waals surface area contributed by atoms with Crippen molar-refractivity contribution >= 4 is 34.7 Å². The Balaban J connectivity index is 1.33. The summed E-state index contributed by atoms with van der Waals surface area (Å²) >= 11 is 1.56. The molecule has 3 aromatic heterocycles. The van der Waals surface area contributed by atoms with E-state index in [1.807, 2.05) is 50.4 Å². The zero-order valence-electron chi connectivity index (χ0n) is 17.2. The van der Waals surface area contributed by atoms with Gasteiger partial charge >= 0.3 is 5.97 Å². The second-order valence-electron chi connectivity index (χ2n) is 7.00. The van der Waals surface area contributed by atoms with Crippen molar-refractivity contribution in [1.82, 2.24) is 24.6 Å². The summed E-state index contributed by atoms with van der Waals surface area (Å²) in [6.45, 7) is 5.28. The van der Waals surface area contributed by atoms with Crippen LogP contribution in [0.3, 0.4) is 0 Å². The topological polar surface area (TPSA) is 111 Å². The molecule has 0 bridgehead atoms. The summed E-state index contributed by atoms with van der Waals surface area (Å²) in [5, 5.41) is 9.92. The quantitative estimate of drug-likeness (QED) is 0.463. The molecule has 1 N–H and O–H groups in total. The van der Waals surface area contributed by atoms with Gasteiger partial charge in [0.2, 0.25) is 0 Å². The van der Waals surface area contributed by atoms with Crippen LogP contribution >= 0.6 is 11.3 Å². The number of nitrogens with one attached hydrogen (secondary N) is 1. The Bertz CT molecular complexity index is 1280. The van der Waals surface area contributed by atoms with Gasteiger partial charge in [-0.3, -0.25) is 9.59 Å². The SMILES string of the molecule is Cc1cc(C)n2nc(CC(=O)OCC(=O)Nc3cccc(-c4csc(C)n4)c3)nc2n1. The van der Waals surface area contributed by atoms with E-state index in [1.165, 1.54) is 0 Å². The summed E-state index contributed by atoms with van der Waals surface area (Å²) in [4.78, 5) is 37.3. The number of aryl methyl sites for hydroxylation is 3. The minimum Gasteiger partial charge on any atom is -0.455 e. The molecule has 3 heterocycles. The monoisotopic (exact) mass is 436 g/mol. The number of carbonyl (C=O) groups excluding carboxylic acids is 2. The van der Waals surface area contributed by atoms with E-state index in [9.17, 15) is 9.59 Å². The summed E-state index contributed by atoms with van der Waals surface area (Å²) in [5.74, 6) is -0.311. The lowest BCUT2D eigenvalue weighted by Crippen LogP contribution is -2.21. The fourth-order valence-corrected chi connectivity index (χ4v) is 3.68. The van der Waals surface area contributed by atoms with E-state index in [4.69, 9.17) is 4.74 Å². The Morgan fingerprint density at radius 3 is 2.74 bits per heavy atom. The molecule has 0 aliphatic carbocycles. The standard InChI is InChI=1S/C21H20N6O3S/c1-12-7-13(2)27-21(22-12)25-18(26-27)9-20(29)30-10-19(28)24-16-6-4-5-15(8-16)17-11-31-14(3)23-17/h4-8,11H,9-10H2,1-3H3,(H,24,28). The number of anilines is 1. The molecule has 0 aliphatic heterocycles. The zero-order valence-corrected chi connectivity index (χ0v) is 18.1. The number of benzene rings is 1. The predicted octanol–water partition coefficient (Wildman–Crippen LogP) is 2.90. The van der Waals surface area contributed by atoms with Crippen molar-refractivity contribution in [3.63, 3.8) is 0 Å². The molecule has 0 aliphatic rings. The number of amides is 1. The molecule has 0 atom stereocenters. The molecule has 4 rings (SSSR count). The van der Waals surface area contributed by atoms with E-state index in [1.54, 1.807) is 21.9 Å². The number of rotatable bonds is 6. The summed E-state index contributed by atoms with van der Waals surface area (Å²) < 4.78 is 6.65. The molecular formula is C21H20N6O3S. The van der Waals surface area contributed by atoms with Gasteiger partial charge in [0.15, 0.2) is 12.4 Å². The van der Waals surface area contributed by atoms with Crippen molar-refractivity contribution < 1.29 is 14.3 Å². The van der Waals surface area contributed by atoms with Crippen molar-refractivity contribution in [1.29, 1.82) is 0 Å². The van der Waals surface area contributed by atoms with Crippen LogP contribution in [0.1, 0.15) is 22.2 Å². The van der Waals surface area contributed by atoms with Crippen LogP contribution in [0.2, 0.25) is 0 Å². The number of esters is 1. The number of carbonyl (C=O) groups is 2. The largest absolute Gasteiger partial charge is 0.455 e. The fourth-order valence-electron chi connectivity index (χ4n) is 3.06. The Kier molecular flexibility index (Phi) is 5.72. The third kappa shape index (κ3) is 4.92. The van der Waals surface area contributed by atoms with Crippen LogP contribution in [0, 0.1) is 20.8 Å². The fraction of sp³-hybridized carbons (Fsp3) is 0.238. The number of nitrogens with zero attached hydrogens (tertiary/aromatic N) is 5. The van der Waals surface area contributed by atoms with Gasteiger partial charge < -0.3 is 10.1 Å². The van der Waals surface area contributed by atoms with Gasteiger partial charge in [-0.1, -0.05) is 12.1 Å². The van der Waals surface area contributed by atoms with Crippen LogP contribution in [0.5, 0.6) is 0 Å². The molecule has 0 radical (unpaired) electrons. The minimum atomic E-state index is -0.591. The average molecular weight is 436 g/mol. The van der Waals surface area contributed by atoms with Crippen LogP contribution < -0.4 is 5.32 Å². The van der Waals surface area contributed by atoms with E-state index in [0.29, 0.717) is 11.5 Å². The lowest BCUT2D eigenvalue weighted by atomic mass is 10.1. The Morgan fingerprint density at radius 2 is 1.97 bits per heavy atom. The normalized spacial score (nSPS) is 10.9. The van der Waals surface area contributed by atoms with Crippen molar-refractivity contribution in [3.8, 4) is 11.3 Å². The minimum absolute atomic E-state index is 0.145. The molecule has 158 valence electrons. The molecule has 31 heavy (non-hydrogen) atoms. The summed E-state index contributed by atoms with van der Waals surface area (Å²) in [5.41, 5.74) is 4.03. The van der Waals surface area contributed by atoms with Crippen LogP contribution in [0.15, 0.2) is 35.7 Å². The lowest BCUT2D eigenvalue weighted by Gasteiger charge is -2.07. The molecule has 0 saturated carbocycles. The second-order valence-corrected chi connectivity index (χ2v) is 8.06. The third-order valence-corrected chi connectivity index (χ3v) is 5.16. The molecule has 1 amide bonds. The average Bonchev–Trinajstić information content (AvgIpc) is 3.32. The molecule has 0 fully saturated rings. The molecular weight excluding hydrogens is 416 g/mol. The van der Waals surface area contributed by atoms with Crippen molar-refractivity contribution in [2.45, 2.75) is 27.2 Å². The highest BCUT2D eigenvalue weighted by atomic mass is 32.1. The number of fused-ring (bicyclic) bond motifs is 1. The van der Waals surface area contributed by atoms with Gasteiger partial charge in [-0.15, -0.1) is 16.4 Å². The Labute approximate surface area is 182 Å². The number of hydrogen-bond acceptors (Lipinski definition) is 8. The predicted molar refractivity (Wildman–Crippen MR) is 116 cm³/mol. The van der Waals surface area contributed by atoms with Crippen LogP contribution in [-0.2, 0) is 20.7 Å². The van der Waals surface area contributed by atoms with E-state index < -0.39 is 18.5 Å². The number of hydrogen-bond donors (Lipinski definition) is 1. The van der Waals surface area contributed by atoms with Gasteiger partial charge in [0.05, 0.1) is 10.7 Å². The first-order valence-electron chi connectivity index (χ1n) is 9.55.